The third-order valence-corrected chi connectivity index (χ3v) is 4.27. The minimum Gasteiger partial charge on any atom is -0.384 e. The molecule has 1 saturated carbocycles. The normalized spacial score (nSPS) is 18.9. The van der Waals surface area contributed by atoms with Gasteiger partial charge in [-0.15, -0.1) is 0 Å². The summed E-state index contributed by atoms with van der Waals surface area (Å²) < 4.78 is 0. The van der Waals surface area contributed by atoms with Crippen LogP contribution < -0.4 is 10.6 Å². The van der Waals surface area contributed by atoms with E-state index in [0.717, 1.165) is 19.0 Å². The van der Waals surface area contributed by atoms with Crippen molar-refractivity contribution in [1.82, 2.24) is 5.32 Å². The monoisotopic (exact) mass is 230 g/mol. The highest BCUT2D eigenvalue weighted by molar-refractivity contribution is 5.61. The predicted molar refractivity (Wildman–Crippen MR) is 72.3 cm³/mol. The van der Waals surface area contributed by atoms with Crippen molar-refractivity contribution in [2.45, 2.75) is 45.2 Å². The molecule has 2 N–H and O–H groups in total. The van der Waals surface area contributed by atoms with Gasteiger partial charge in [-0.05, 0) is 50.2 Å². The lowest BCUT2D eigenvalue weighted by molar-refractivity contribution is 0.339. The molecule has 0 atom stereocenters. The summed E-state index contributed by atoms with van der Waals surface area (Å²) in [6.07, 6.45) is 3.96. The molecule has 0 bridgehead atoms. The second-order valence-electron chi connectivity index (χ2n) is 5.98. The number of para-hydroxylation sites is 1. The zero-order valence-corrected chi connectivity index (χ0v) is 10.8. The first kappa shape index (κ1) is 11.1. The fourth-order valence-corrected chi connectivity index (χ4v) is 2.83. The highest BCUT2D eigenvalue weighted by atomic mass is 15.0. The van der Waals surface area contributed by atoms with Crippen LogP contribution in [-0.2, 0) is 13.0 Å². The quantitative estimate of drug-likeness (QED) is 0.831. The number of anilines is 1. The summed E-state index contributed by atoms with van der Waals surface area (Å²) in [6, 6.07) is 6.67. The Balaban J connectivity index is 1.71. The van der Waals surface area contributed by atoms with E-state index in [9.17, 15) is 0 Å². The van der Waals surface area contributed by atoms with Crippen molar-refractivity contribution in [1.29, 1.82) is 0 Å². The van der Waals surface area contributed by atoms with Crippen molar-refractivity contribution >= 4 is 5.69 Å². The Morgan fingerprint density at radius 3 is 2.94 bits per heavy atom. The molecule has 2 heteroatoms. The van der Waals surface area contributed by atoms with Gasteiger partial charge >= 0.3 is 0 Å². The van der Waals surface area contributed by atoms with Crippen LogP contribution in [0.25, 0.3) is 0 Å². The first-order valence-electron chi connectivity index (χ1n) is 6.76. The molecule has 1 aromatic rings. The molecule has 1 aromatic carbocycles. The third kappa shape index (κ3) is 2.19. The summed E-state index contributed by atoms with van der Waals surface area (Å²) in [7, 11) is 0. The highest BCUT2D eigenvalue weighted by Gasteiger charge is 2.37. The van der Waals surface area contributed by atoms with Crippen LogP contribution in [0.1, 0.15) is 37.8 Å². The summed E-state index contributed by atoms with van der Waals surface area (Å²) in [4.78, 5) is 0. The van der Waals surface area contributed by atoms with Gasteiger partial charge < -0.3 is 10.6 Å². The molecule has 2 aliphatic rings. The van der Waals surface area contributed by atoms with Gasteiger partial charge in [0, 0.05) is 24.3 Å². The average Bonchev–Trinajstić information content (AvgIpc) is 3.06. The van der Waals surface area contributed by atoms with Crippen LogP contribution in [0, 0.1) is 5.92 Å². The molecule has 3 rings (SSSR count). The lowest BCUT2D eigenvalue weighted by atomic mass is 9.98. The zero-order chi connectivity index (χ0) is 11.9. The van der Waals surface area contributed by atoms with Crippen LogP contribution in [0.2, 0.25) is 0 Å². The Bertz CT molecular complexity index is 419. The largest absolute Gasteiger partial charge is 0.384 e. The second kappa shape index (κ2) is 4.02. The van der Waals surface area contributed by atoms with E-state index in [0.29, 0.717) is 5.54 Å². The Labute approximate surface area is 104 Å². The van der Waals surface area contributed by atoms with Gasteiger partial charge in [0.05, 0.1) is 0 Å². The molecule has 17 heavy (non-hydrogen) atoms. The van der Waals surface area contributed by atoms with Gasteiger partial charge in [0.2, 0.25) is 0 Å². The van der Waals surface area contributed by atoms with Crippen molar-refractivity contribution in [2.24, 2.45) is 5.92 Å². The van der Waals surface area contributed by atoms with E-state index >= 15 is 0 Å². The minimum atomic E-state index is 0.293. The zero-order valence-electron chi connectivity index (χ0n) is 10.8. The maximum absolute atomic E-state index is 3.73. The SMILES string of the molecule is CC(C)(NCc1cccc2c1NCC2)C1CC1. The molecule has 1 fully saturated rings. The molecule has 0 saturated heterocycles. The van der Waals surface area contributed by atoms with Crippen LogP contribution in [0.4, 0.5) is 5.69 Å². The summed E-state index contributed by atoms with van der Waals surface area (Å²) in [5.41, 5.74) is 4.58. The maximum atomic E-state index is 3.73. The molecule has 2 nitrogen and oxygen atoms in total. The van der Waals surface area contributed by atoms with E-state index in [2.05, 4.69) is 42.7 Å². The van der Waals surface area contributed by atoms with Crippen LogP contribution in [0.5, 0.6) is 0 Å². The number of hydrogen-bond acceptors (Lipinski definition) is 2. The van der Waals surface area contributed by atoms with E-state index in [4.69, 9.17) is 0 Å². The van der Waals surface area contributed by atoms with Crippen LogP contribution in [-0.4, -0.2) is 12.1 Å². The topological polar surface area (TPSA) is 24.1 Å². The summed E-state index contributed by atoms with van der Waals surface area (Å²) in [5.74, 6) is 0.882. The van der Waals surface area contributed by atoms with Crippen molar-refractivity contribution < 1.29 is 0 Å². The van der Waals surface area contributed by atoms with E-state index in [1.165, 1.54) is 36.1 Å². The lowest BCUT2D eigenvalue weighted by Crippen LogP contribution is -2.40. The molecule has 0 aromatic heterocycles. The molecule has 0 amide bonds. The van der Waals surface area contributed by atoms with E-state index in [1.54, 1.807) is 0 Å². The van der Waals surface area contributed by atoms with E-state index in [1.807, 2.05) is 0 Å². The number of hydrogen-bond donors (Lipinski definition) is 2. The molecular weight excluding hydrogens is 208 g/mol. The Morgan fingerprint density at radius 1 is 1.35 bits per heavy atom. The third-order valence-electron chi connectivity index (χ3n) is 4.27. The molecular formula is C15H22N2. The van der Waals surface area contributed by atoms with Crippen molar-refractivity contribution in [2.75, 3.05) is 11.9 Å². The Hall–Kier alpha value is -1.02. The predicted octanol–water partition coefficient (Wildman–Crippen LogP) is 2.93. The molecule has 0 radical (unpaired) electrons. The van der Waals surface area contributed by atoms with Gasteiger partial charge in [-0.3, -0.25) is 0 Å². The van der Waals surface area contributed by atoms with Crippen LogP contribution in [0.3, 0.4) is 0 Å². The Kier molecular flexibility index (Phi) is 2.62. The minimum absolute atomic E-state index is 0.293. The maximum Gasteiger partial charge on any atom is 0.0419 e. The fraction of sp³-hybridized carbons (Fsp3) is 0.600. The lowest BCUT2D eigenvalue weighted by Gasteiger charge is -2.27. The van der Waals surface area contributed by atoms with Gasteiger partial charge in [0.1, 0.15) is 0 Å². The van der Waals surface area contributed by atoms with E-state index < -0.39 is 0 Å². The number of rotatable bonds is 4. The van der Waals surface area contributed by atoms with Gasteiger partial charge in [-0.2, -0.15) is 0 Å². The van der Waals surface area contributed by atoms with Crippen molar-refractivity contribution in [3.8, 4) is 0 Å². The summed E-state index contributed by atoms with van der Waals surface area (Å²) in [5, 5.41) is 7.24. The number of fused-ring (bicyclic) bond motifs is 1. The molecule has 0 unspecified atom stereocenters. The highest BCUT2D eigenvalue weighted by Crippen LogP contribution is 2.39. The van der Waals surface area contributed by atoms with Crippen molar-refractivity contribution in [3.05, 3.63) is 29.3 Å². The van der Waals surface area contributed by atoms with E-state index in [-0.39, 0.29) is 0 Å². The first-order valence-corrected chi connectivity index (χ1v) is 6.76. The summed E-state index contributed by atoms with van der Waals surface area (Å²) in [6.45, 7) is 6.75. The average molecular weight is 230 g/mol. The first-order chi connectivity index (χ1) is 8.17. The number of nitrogens with one attached hydrogen (secondary N) is 2. The van der Waals surface area contributed by atoms with Gasteiger partial charge in [0.15, 0.2) is 0 Å². The van der Waals surface area contributed by atoms with Crippen LogP contribution in [0.15, 0.2) is 18.2 Å². The molecule has 1 heterocycles. The standard InChI is InChI=1S/C15H22N2/c1-15(2,13-6-7-13)17-10-12-5-3-4-11-8-9-16-14(11)12/h3-5,13,16-17H,6-10H2,1-2H3. The Morgan fingerprint density at radius 2 is 2.18 bits per heavy atom. The van der Waals surface area contributed by atoms with Crippen LogP contribution >= 0.6 is 0 Å². The smallest absolute Gasteiger partial charge is 0.0419 e. The fourth-order valence-electron chi connectivity index (χ4n) is 2.83. The van der Waals surface area contributed by atoms with Gasteiger partial charge in [-0.25, -0.2) is 0 Å². The second-order valence-corrected chi connectivity index (χ2v) is 5.98. The van der Waals surface area contributed by atoms with Gasteiger partial charge in [0.25, 0.3) is 0 Å². The molecule has 1 aliphatic heterocycles. The molecule has 92 valence electrons. The van der Waals surface area contributed by atoms with Gasteiger partial charge in [-0.1, -0.05) is 18.2 Å². The molecule has 1 aliphatic carbocycles. The summed E-state index contributed by atoms with van der Waals surface area (Å²) >= 11 is 0. The molecule has 0 spiro atoms. The number of benzene rings is 1. The van der Waals surface area contributed by atoms with Crippen molar-refractivity contribution in [3.63, 3.8) is 0 Å².